The van der Waals surface area contributed by atoms with Crippen molar-refractivity contribution < 1.29 is 14.3 Å². The Bertz CT molecular complexity index is 1130. The molecule has 4 nitrogen and oxygen atoms in total. The van der Waals surface area contributed by atoms with Gasteiger partial charge >= 0.3 is 0 Å². The van der Waals surface area contributed by atoms with Gasteiger partial charge in [-0.2, -0.15) is 0 Å². The fraction of sp³-hybridized carbons (Fsp3) is 0.120. The first kappa shape index (κ1) is 21.2. The number of hydrogen-bond donors (Lipinski definition) is 0. The molecule has 3 aromatic carbocycles. The molecule has 0 spiro atoms. The lowest BCUT2D eigenvalue weighted by Crippen LogP contribution is -2.33. The van der Waals surface area contributed by atoms with Crippen LogP contribution in [0.2, 0.25) is 5.02 Å². The van der Waals surface area contributed by atoms with Crippen LogP contribution >= 0.6 is 23.4 Å². The van der Waals surface area contributed by atoms with Crippen molar-refractivity contribution in [1.82, 2.24) is 4.90 Å². The highest BCUT2D eigenvalue weighted by molar-refractivity contribution is 8.04. The second-order valence-corrected chi connectivity index (χ2v) is 8.51. The number of rotatable bonds is 7. The summed E-state index contributed by atoms with van der Waals surface area (Å²) in [6.45, 7) is 0.303. The number of carbonyl (C=O) groups is 2. The average Bonchev–Trinajstić information content (AvgIpc) is 3.03. The van der Waals surface area contributed by atoms with E-state index in [4.69, 9.17) is 16.3 Å². The summed E-state index contributed by atoms with van der Waals surface area (Å²) in [6, 6.07) is 24.2. The van der Waals surface area contributed by atoms with Gasteiger partial charge in [-0.3, -0.25) is 14.5 Å². The van der Waals surface area contributed by atoms with E-state index in [1.807, 2.05) is 66.7 Å². The summed E-state index contributed by atoms with van der Waals surface area (Å²) in [5.74, 6) is 0.152. The molecule has 4 rings (SSSR count). The quantitative estimate of drug-likeness (QED) is 0.449. The van der Waals surface area contributed by atoms with Gasteiger partial charge in [-0.1, -0.05) is 65.8 Å². The first-order chi connectivity index (χ1) is 15.1. The van der Waals surface area contributed by atoms with Crippen LogP contribution in [0.3, 0.4) is 0 Å². The summed E-state index contributed by atoms with van der Waals surface area (Å²) in [6.07, 6.45) is 0.563. The molecule has 0 aromatic heterocycles. The lowest BCUT2D eigenvalue weighted by Gasteiger charge is -2.15. The number of methoxy groups -OCH3 is 1. The van der Waals surface area contributed by atoms with Gasteiger partial charge in [0.1, 0.15) is 5.75 Å². The summed E-state index contributed by atoms with van der Waals surface area (Å²) in [7, 11) is 1.59. The molecule has 0 bridgehead atoms. The average molecular weight is 450 g/mol. The molecule has 1 aliphatic heterocycles. The fourth-order valence-corrected chi connectivity index (χ4v) is 4.52. The largest absolute Gasteiger partial charge is 0.497 e. The molecular weight excluding hydrogens is 430 g/mol. The van der Waals surface area contributed by atoms with Gasteiger partial charge in [-0.15, -0.1) is 0 Å². The second-order valence-electron chi connectivity index (χ2n) is 6.99. The van der Waals surface area contributed by atoms with Gasteiger partial charge in [0, 0.05) is 16.5 Å². The van der Waals surface area contributed by atoms with Crippen LogP contribution in [0.4, 0.5) is 0 Å². The van der Waals surface area contributed by atoms with Crippen molar-refractivity contribution in [3.63, 3.8) is 0 Å². The topological polar surface area (TPSA) is 46.6 Å². The smallest absolute Gasteiger partial charge is 0.268 e. The fourth-order valence-electron chi connectivity index (χ4n) is 3.36. The van der Waals surface area contributed by atoms with Crippen molar-refractivity contribution >= 4 is 40.8 Å². The molecule has 6 heteroatoms. The maximum absolute atomic E-state index is 13.3. The molecule has 31 heavy (non-hydrogen) atoms. The van der Waals surface area contributed by atoms with Crippen LogP contribution < -0.4 is 4.74 Å². The number of nitrogens with zero attached hydrogens (tertiary/aromatic N) is 1. The number of halogens is 1. The summed E-state index contributed by atoms with van der Waals surface area (Å²) < 4.78 is 5.23. The summed E-state index contributed by atoms with van der Waals surface area (Å²) in [5, 5.41) is 0.655. The highest BCUT2D eigenvalue weighted by atomic mass is 35.5. The highest BCUT2D eigenvalue weighted by Crippen LogP contribution is 2.40. The lowest BCUT2D eigenvalue weighted by molar-refractivity contribution is -0.136. The van der Waals surface area contributed by atoms with Gasteiger partial charge < -0.3 is 4.74 Å². The Labute approximate surface area is 190 Å². The van der Waals surface area contributed by atoms with E-state index in [9.17, 15) is 9.59 Å². The first-order valence-electron chi connectivity index (χ1n) is 9.79. The van der Waals surface area contributed by atoms with Gasteiger partial charge in [0.25, 0.3) is 11.8 Å². The van der Waals surface area contributed by atoms with E-state index in [-0.39, 0.29) is 11.8 Å². The number of benzene rings is 3. The van der Waals surface area contributed by atoms with E-state index in [1.54, 1.807) is 19.2 Å². The Morgan fingerprint density at radius 2 is 1.55 bits per heavy atom. The van der Waals surface area contributed by atoms with Crippen molar-refractivity contribution in [3.8, 4) is 5.75 Å². The monoisotopic (exact) mass is 449 g/mol. The maximum Gasteiger partial charge on any atom is 0.268 e. The first-order valence-corrected chi connectivity index (χ1v) is 11.0. The highest BCUT2D eigenvalue weighted by Gasteiger charge is 2.39. The predicted octanol–water partition coefficient (Wildman–Crippen LogP) is 5.46. The van der Waals surface area contributed by atoms with Crippen LogP contribution in [0.15, 0.2) is 88.7 Å². The van der Waals surface area contributed by atoms with Gasteiger partial charge in [-0.25, -0.2) is 0 Å². The van der Waals surface area contributed by atoms with Crippen molar-refractivity contribution in [2.45, 2.75) is 11.3 Å². The van der Waals surface area contributed by atoms with Crippen LogP contribution in [0.25, 0.3) is 5.57 Å². The Kier molecular flexibility index (Phi) is 6.44. The van der Waals surface area contributed by atoms with E-state index in [1.165, 1.54) is 16.7 Å². The number of imide groups is 1. The Balaban J connectivity index is 1.64. The Morgan fingerprint density at radius 3 is 2.19 bits per heavy atom. The van der Waals surface area contributed by atoms with E-state index < -0.39 is 0 Å². The molecule has 0 atom stereocenters. The third-order valence-electron chi connectivity index (χ3n) is 5.00. The molecule has 0 unspecified atom stereocenters. The maximum atomic E-state index is 13.3. The van der Waals surface area contributed by atoms with E-state index in [2.05, 4.69) is 0 Å². The van der Waals surface area contributed by atoms with Gasteiger partial charge in [-0.05, 0) is 53.9 Å². The number of carbonyl (C=O) groups excluding carboxylic acids is 2. The third kappa shape index (κ3) is 4.68. The SMILES string of the molecule is COc1ccc(C2=C(Sc3ccccc3)C(=O)N(CCc3ccc(Cl)cc3)C2=O)cc1. The summed E-state index contributed by atoms with van der Waals surface area (Å²) >= 11 is 7.28. The van der Waals surface area contributed by atoms with Gasteiger partial charge in [0.15, 0.2) is 0 Å². The molecule has 156 valence electrons. The molecular formula is C25H20ClNO3S. The van der Waals surface area contributed by atoms with Crippen LogP contribution in [-0.2, 0) is 16.0 Å². The van der Waals surface area contributed by atoms with Gasteiger partial charge in [0.05, 0.1) is 17.6 Å². The Hall–Kier alpha value is -3.02. The molecule has 0 saturated carbocycles. The van der Waals surface area contributed by atoms with Crippen molar-refractivity contribution in [2.24, 2.45) is 0 Å². The molecule has 1 heterocycles. The minimum absolute atomic E-state index is 0.265. The predicted molar refractivity (Wildman–Crippen MR) is 124 cm³/mol. The lowest BCUT2D eigenvalue weighted by atomic mass is 10.1. The zero-order valence-electron chi connectivity index (χ0n) is 16.9. The molecule has 1 aliphatic rings. The third-order valence-corrected chi connectivity index (χ3v) is 6.35. The van der Waals surface area contributed by atoms with Gasteiger partial charge in [0.2, 0.25) is 0 Å². The summed E-state index contributed by atoms with van der Waals surface area (Å²) in [5.41, 5.74) is 2.14. The molecule has 0 aliphatic carbocycles. The van der Waals surface area contributed by atoms with Crippen molar-refractivity contribution in [2.75, 3.05) is 13.7 Å². The van der Waals surface area contributed by atoms with Crippen molar-refractivity contribution in [1.29, 1.82) is 0 Å². The van der Waals surface area contributed by atoms with Crippen LogP contribution in [0.1, 0.15) is 11.1 Å². The number of amides is 2. The standard InChI is InChI=1S/C25H20ClNO3S/c1-30-20-13-9-18(10-14-20)22-23(31-21-5-3-2-4-6-21)25(29)27(24(22)28)16-15-17-7-11-19(26)12-8-17/h2-14H,15-16H2,1H3. The zero-order chi connectivity index (χ0) is 21.8. The second kappa shape index (κ2) is 9.41. The van der Waals surface area contributed by atoms with E-state index >= 15 is 0 Å². The molecule has 0 saturated heterocycles. The number of thioether (sulfide) groups is 1. The zero-order valence-corrected chi connectivity index (χ0v) is 18.5. The summed E-state index contributed by atoms with van der Waals surface area (Å²) in [4.78, 5) is 29.3. The molecule has 0 fully saturated rings. The number of hydrogen-bond acceptors (Lipinski definition) is 4. The molecule has 3 aromatic rings. The van der Waals surface area contributed by atoms with E-state index in [0.717, 1.165) is 10.5 Å². The minimum Gasteiger partial charge on any atom is -0.497 e. The van der Waals surface area contributed by atoms with E-state index in [0.29, 0.717) is 39.8 Å². The molecule has 0 N–H and O–H groups in total. The van der Waals surface area contributed by atoms with Crippen LogP contribution in [0, 0.1) is 0 Å². The van der Waals surface area contributed by atoms with Crippen LogP contribution in [-0.4, -0.2) is 30.4 Å². The van der Waals surface area contributed by atoms with Crippen molar-refractivity contribution in [3.05, 3.63) is 99.9 Å². The molecule has 2 amide bonds. The Morgan fingerprint density at radius 1 is 0.871 bits per heavy atom. The molecule has 0 radical (unpaired) electrons. The normalized spacial score (nSPS) is 13.8. The van der Waals surface area contributed by atoms with Crippen LogP contribution in [0.5, 0.6) is 5.75 Å². The number of ether oxygens (including phenoxy) is 1. The minimum atomic E-state index is -0.275.